The van der Waals surface area contributed by atoms with Gasteiger partial charge >= 0.3 is 0 Å². The molecule has 0 unspecified atom stereocenters. The average molecular weight is 295 g/mol. The van der Waals surface area contributed by atoms with E-state index < -0.39 is 0 Å². The zero-order chi connectivity index (χ0) is 14.7. The van der Waals surface area contributed by atoms with Gasteiger partial charge in [-0.3, -0.25) is 0 Å². The second-order valence-electron chi connectivity index (χ2n) is 4.80. The molecule has 104 valence electrons. The highest BCUT2D eigenvalue weighted by Crippen LogP contribution is 2.35. The molecule has 0 saturated carbocycles. The Morgan fingerprint density at radius 3 is 1.76 bits per heavy atom. The van der Waals surface area contributed by atoms with Crippen molar-refractivity contribution in [2.24, 2.45) is 0 Å². The second-order valence-corrected chi connectivity index (χ2v) is 5.18. The molecule has 1 heterocycles. The Balaban J connectivity index is 2.17. The van der Waals surface area contributed by atoms with Gasteiger partial charge in [0, 0.05) is 17.1 Å². The lowest BCUT2D eigenvalue weighted by Gasteiger charge is -2.25. The molecule has 0 aliphatic carbocycles. The fourth-order valence-corrected chi connectivity index (χ4v) is 2.59. The van der Waals surface area contributed by atoms with E-state index in [1.807, 2.05) is 55.5 Å². The summed E-state index contributed by atoms with van der Waals surface area (Å²) in [4.78, 5) is 6.41. The van der Waals surface area contributed by atoms with Crippen molar-refractivity contribution in [1.82, 2.24) is 4.98 Å². The lowest BCUT2D eigenvalue weighted by molar-refractivity contribution is 1.17. The summed E-state index contributed by atoms with van der Waals surface area (Å²) in [5, 5.41) is 0.502. The van der Waals surface area contributed by atoms with E-state index in [4.69, 9.17) is 11.6 Å². The number of pyridine rings is 1. The maximum atomic E-state index is 6.13. The molecule has 0 aliphatic heterocycles. The standard InChI is InChI=1S/C18H15ClN2/c1-14-12-17(13-18(19)20-14)21(15-8-4-2-5-9-15)16-10-6-3-7-11-16/h2-13H,1H3. The zero-order valence-electron chi connectivity index (χ0n) is 11.7. The second kappa shape index (κ2) is 5.98. The minimum Gasteiger partial charge on any atom is -0.310 e. The molecular weight excluding hydrogens is 280 g/mol. The first-order valence-electron chi connectivity index (χ1n) is 6.78. The molecule has 0 aliphatic rings. The molecule has 0 N–H and O–H groups in total. The molecule has 3 aromatic rings. The van der Waals surface area contributed by atoms with Crippen LogP contribution in [0.3, 0.4) is 0 Å². The average Bonchev–Trinajstić information content (AvgIpc) is 2.49. The van der Waals surface area contributed by atoms with E-state index >= 15 is 0 Å². The third-order valence-electron chi connectivity index (χ3n) is 3.19. The Hall–Kier alpha value is -2.32. The summed E-state index contributed by atoms with van der Waals surface area (Å²) in [6, 6.07) is 24.4. The predicted octanol–water partition coefficient (Wildman–Crippen LogP) is 5.51. The van der Waals surface area contributed by atoms with E-state index in [0.29, 0.717) is 5.15 Å². The molecule has 0 radical (unpaired) electrons. The van der Waals surface area contributed by atoms with Gasteiger partial charge in [0.25, 0.3) is 0 Å². The molecule has 0 saturated heterocycles. The van der Waals surface area contributed by atoms with Gasteiger partial charge in [-0.15, -0.1) is 0 Å². The van der Waals surface area contributed by atoms with Crippen LogP contribution in [-0.4, -0.2) is 4.98 Å². The fraction of sp³-hybridized carbons (Fsp3) is 0.0556. The van der Waals surface area contributed by atoms with Crippen molar-refractivity contribution in [3.63, 3.8) is 0 Å². The van der Waals surface area contributed by atoms with Crippen LogP contribution >= 0.6 is 11.6 Å². The molecule has 0 spiro atoms. The van der Waals surface area contributed by atoms with Gasteiger partial charge in [-0.25, -0.2) is 4.98 Å². The smallest absolute Gasteiger partial charge is 0.131 e. The number of hydrogen-bond donors (Lipinski definition) is 0. The van der Waals surface area contributed by atoms with Crippen molar-refractivity contribution < 1.29 is 0 Å². The Labute approximate surface area is 129 Å². The van der Waals surface area contributed by atoms with Crippen molar-refractivity contribution >= 4 is 28.7 Å². The summed E-state index contributed by atoms with van der Waals surface area (Å²) in [6.07, 6.45) is 0. The number of aromatic nitrogens is 1. The Bertz CT molecular complexity index is 667. The monoisotopic (exact) mass is 294 g/mol. The quantitative estimate of drug-likeness (QED) is 0.592. The van der Waals surface area contributed by atoms with E-state index in [-0.39, 0.29) is 0 Å². The van der Waals surface area contributed by atoms with Crippen molar-refractivity contribution in [2.45, 2.75) is 6.92 Å². The first kappa shape index (κ1) is 13.7. The number of benzene rings is 2. The molecule has 2 nitrogen and oxygen atoms in total. The largest absolute Gasteiger partial charge is 0.310 e. The van der Waals surface area contributed by atoms with Crippen LogP contribution in [-0.2, 0) is 0 Å². The minimum atomic E-state index is 0.502. The van der Waals surface area contributed by atoms with Crippen LogP contribution in [0.5, 0.6) is 0 Å². The molecule has 2 aromatic carbocycles. The number of halogens is 1. The van der Waals surface area contributed by atoms with Gasteiger partial charge in [-0.1, -0.05) is 48.0 Å². The molecule has 3 heteroatoms. The van der Waals surface area contributed by atoms with E-state index in [9.17, 15) is 0 Å². The van der Waals surface area contributed by atoms with Crippen LogP contribution in [0.15, 0.2) is 72.8 Å². The molecule has 0 bridgehead atoms. The van der Waals surface area contributed by atoms with Crippen molar-refractivity contribution in [3.05, 3.63) is 83.6 Å². The normalized spacial score (nSPS) is 10.4. The maximum absolute atomic E-state index is 6.13. The lowest BCUT2D eigenvalue weighted by Crippen LogP contribution is -2.10. The summed E-state index contributed by atoms with van der Waals surface area (Å²) in [5.74, 6) is 0. The van der Waals surface area contributed by atoms with E-state index in [1.54, 1.807) is 0 Å². The van der Waals surface area contributed by atoms with Gasteiger partial charge in [-0.2, -0.15) is 0 Å². The zero-order valence-corrected chi connectivity index (χ0v) is 12.5. The van der Waals surface area contributed by atoms with Gasteiger partial charge < -0.3 is 4.90 Å². The number of aryl methyl sites for hydroxylation is 1. The summed E-state index contributed by atoms with van der Waals surface area (Å²) in [7, 11) is 0. The van der Waals surface area contributed by atoms with E-state index in [2.05, 4.69) is 34.1 Å². The van der Waals surface area contributed by atoms with Crippen LogP contribution in [0.2, 0.25) is 5.15 Å². The maximum Gasteiger partial charge on any atom is 0.131 e. The topological polar surface area (TPSA) is 16.1 Å². The summed E-state index contributed by atoms with van der Waals surface area (Å²) < 4.78 is 0. The van der Waals surface area contributed by atoms with Crippen LogP contribution in [0, 0.1) is 6.92 Å². The van der Waals surface area contributed by atoms with Gasteiger partial charge in [0.2, 0.25) is 0 Å². The van der Waals surface area contributed by atoms with Gasteiger partial charge in [0.05, 0.1) is 5.69 Å². The number of anilines is 3. The van der Waals surface area contributed by atoms with Crippen LogP contribution in [0.4, 0.5) is 17.1 Å². The molecule has 3 rings (SSSR count). The van der Waals surface area contributed by atoms with E-state index in [0.717, 1.165) is 22.8 Å². The highest BCUT2D eigenvalue weighted by Gasteiger charge is 2.12. The van der Waals surface area contributed by atoms with Gasteiger partial charge in [0.15, 0.2) is 0 Å². The third kappa shape index (κ3) is 3.06. The molecule has 21 heavy (non-hydrogen) atoms. The highest BCUT2D eigenvalue weighted by molar-refractivity contribution is 6.29. The van der Waals surface area contributed by atoms with Crippen LogP contribution in [0.25, 0.3) is 0 Å². The van der Waals surface area contributed by atoms with Gasteiger partial charge in [-0.05, 0) is 43.3 Å². The summed E-state index contributed by atoms with van der Waals surface area (Å²) >= 11 is 6.13. The number of rotatable bonds is 3. The van der Waals surface area contributed by atoms with Crippen LogP contribution in [0.1, 0.15) is 5.69 Å². The van der Waals surface area contributed by atoms with Crippen molar-refractivity contribution in [1.29, 1.82) is 0 Å². The van der Waals surface area contributed by atoms with Gasteiger partial charge in [0.1, 0.15) is 5.15 Å². The fourth-order valence-electron chi connectivity index (χ4n) is 2.34. The Morgan fingerprint density at radius 2 is 1.29 bits per heavy atom. The number of hydrogen-bond acceptors (Lipinski definition) is 2. The third-order valence-corrected chi connectivity index (χ3v) is 3.39. The Morgan fingerprint density at radius 1 is 0.762 bits per heavy atom. The first-order valence-corrected chi connectivity index (χ1v) is 7.16. The summed E-state index contributed by atoms with van der Waals surface area (Å²) in [6.45, 7) is 1.95. The van der Waals surface area contributed by atoms with Crippen molar-refractivity contribution in [3.8, 4) is 0 Å². The minimum absolute atomic E-state index is 0.502. The predicted molar refractivity (Wildman–Crippen MR) is 88.7 cm³/mol. The highest BCUT2D eigenvalue weighted by atomic mass is 35.5. The molecule has 0 fully saturated rings. The SMILES string of the molecule is Cc1cc(N(c2ccccc2)c2ccccc2)cc(Cl)n1. The Kier molecular flexibility index (Phi) is 3.89. The summed E-state index contributed by atoms with van der Waals surface area (Å²) in [5.41, 5.74) is 4.08. The number of para-hydroxylation sites is 2. The number of nitrogens with zero attached hydrogens (tertiary/aromatic N) is 2. The molecular formula is C18H15ClN2. The first-order chi connectivity index (χ1) is 10.2. The molecule has 0 atom stereocenters. The lowest BCUT2D eigenvalue weighted by atomic mass is 10.2. The van der Waals surface area contributed by atoms with Crippen LogP contribution < -0.4 is 4.90 Å². The molecule has 1 aromatic heterocycles. The molecule has 0 amide bonds. The van der Waals surface area contributed by atoms with E-state index in [1.165, 1.54) is 0 Å². The van der Waals surface area contributed by atoms with Crippen molar-refractivity contribution in [2.75, 3.05) is 4.90 Å².